The minimum absolute atomic E-state index is 0.0347. The predicted molar refractivity (Wildman–Crippen MR) is 138 cm³/mol. The van der Waals surface area contributed by atoms with E-state index < -0.39 is 30.9 Å². The van der Waals surface area contributed by atoms with Gasteiger partial charge in [0.2, 0.25) is 0 Å². The van der Waals surface area contributed by atoms with Gasteiger partial charge in [-0.05, 0) is 62.2 Å². The largest absolute Gasteiger partial charge is 0.481 e. The first-order chi connectivity index (χ1) is 15.1. The fourth-order valence-corrected chi connectivity index (χ4v) is 12.2. The van der Waals surface area contributed by atoms with Gasteiger partial charge in [-0.3, -0.25) is 4.79 Å². The van der Waals surface area contributed by atoms with Gasteiger partial charge in [0, 0.05) is 11.3 Å². The molecule has 0 radical (unpaired) electrons. The van der Waals surface area contributed by atoms with Crippen molar-refractivity contribution in [1.29, 1.82) is 0 Å². The second-order valence-electron chi connectivity index (χ2n) is 11.9. The number of hydrogen-bond donors (Lipinski definition) is 1. The lowest BCUT2D eigenvalue weighted by atomic mass is 9.34. The quantitative estimate of drug-likeness (QED) is 0.264. The third kappa shape index (κ3) is 2.51. The van der Waals surface area contributed by atoms with Crippen molar-refractivity contribution in [3.05, 3.63) is 21.7 Å². The van der Waals surface area contributed by atoms with Crippen LogP contribution < -0.4 is 0 Å². The monoisotopic (exact) mass is 572 g/mol. The fraction of sp³-hybridized carbons (Fsp3) is 0.800. The minimum atomic E-state index is -1.65. The zero-order valence-electron chi connectivity index (χ0n) is 19.3. The summed E-state index contributed by atoms with van der Waals surface area (Å²) in [7, 11) is 0. The van der Waals surface area contributed by atoms with Crippen LogP contribution in [0.5, 0.6) is 0 Å². The molecular formula is C25H30Cl6O2. The standard InChI is InChI=1S/C25H30Cl6O2/c1-12(2)13-11-22-9-6-15-20(3,7-5-8-21(15,4)19(32)33)16(22)10-14(13)23(28)17(26)18(27)24(29,30)25(22,23)31/h11-12,14-16H,5-10H2,1-4H3,(H,32,33)/t14-,15+,16+,20+,21-,22+,23-,25-/m1/s1. The summed E-state index contributed by atoms with van der Waals surface area (Å²) in [5, 5.41) is 10.6. The van der Waals surface area contributed by atoms with Crippen molar-refractivity contribution in [2.45, 2.75) is 80.3 Å². The average molecular weight is 575 g/mol. The van der Waals surface area contributed by atoms with Crippen LogP contribution in [-0.4, -0.2) is 25.2 Å². The van der Waals surface area contributed by atoms with Crippen molar-refractivity contribution in [3.63, 3.8) is 0 Å². The van der Waals surface area contributed by atoms with E-state index in [4.69, 9.17) is 69.6 Å². The zero-order chi connectivity index (χ0) is 24.6. The van der Waals surface area contributed by atoms with Crippen LogP contribution in [0.2, 0.25) is 0 Å². The van der Waals surface area contributed by atoms with E-state index in [1.165, 1.54) is 5.57 Å². The van der Waals surface area contributed by atoms with E-state index in [1.807, 2.05) is 6.92 Å². The Bertz CT molecular complexity index is 1000. The molecule has 184 valence electrons. The van der Waals surface area contributed by atoms with Gasteiger partial charge in [-0.2, -0.15) is 0 Å². The number of fused-ring (bicyclic) bond motifs is 1. The molecule has 1 spiro atoms. The van der Waals surface area contributed by atoms with Crippen molar-refractivity contribution < 1.29 is 9.90 Å². The summed E-state index contributed by atoms with van der Waals surface area (Å²) in [6, 6.07) is 0. The maximum absolute atomic E-state index is 12.5. The number of hydrogen-bond acceptors (Lipinski definition) is 1. The molecule has 0 unspecified atom stereocenters. The summed E-state index contributed by atoms with van der Waals surface area (Å²) in [5.41, 5.74) is -0.445. The molecule has 0 heterocycles. The van der Waals surface area contributed by atoms with Gasteiger partial charge >= 0.3 is 5.97 Å². The van der Waals surface area contributed by atoms with Gasteiger partial charge in [0.1, 0.15) is 9.75 Å². The first-order valence-corrected chi connectivity index (χ1v) is 14.1. The summed E-state index contributed by atoms with van der Waals surface area (Å²) in [5.74, 6) is -0.540. The van der Waals surface area contributed by atoms with Crippen molar-refractivity contribution >= 4 is 75.6 Å². The second kappa shape index (κ2) is 7.16. The first kappa shape index (κ1) is 25.3. The van der Waals surface area contributed by atoms with E-state index in [0.29, 0.717) is 19.3 Å². The maximum Gasteiger partial charge on any atom is 0.309 e. The third-order valence-electron chi connectivity index (χ3n) is 10.5. The summed E-state index contributed by atoms with van der Waals surface area (Å²) >= 11 is 42.8. The Morgan fingerprint density at radius 3 is 2.24 bits per heavy atom. The highest BCUT2D eigenvalue weighted by Crippen LogP contribution is 2.84. The second-order valence-corrected chi connectivity index (χ2v) is 15.2. The van der Waals surface area contributed by atoms with Crippen LogP contribution >= 0.6 is 69.6 Å². The summed E-state index contributed by atoms with van der Waals surface area (Å²) < 4.78 is -1.65. The summed E-state index contributed by atoms with van der Waals surface area (Å²) in [4.78, 5) is 9.92. The number of rotatable bonds is 2. The number of aliphatic carboxylic acids is 1. The molecule has 8 atom stereocenters. The van der Waals surface area contributed by atoms with Gasteiger partial charge in [-0.1, -0.05) is 85.2 Å². The van der Waals surface area contributed by atoms with Crippen LogP contribution in [0.1, 0.15) is 66.2 Å². The van der Waals surface area contributed by atoms with Gasteiger partial charge in [0.15, 0.2) is 4.33 Å². The number of carboxylic acids is 1. The number of allylic oxidation sites excluding steroid dienone is 4. The van der Waals surface area contributed by atoms with Crippen LogP contribution in [-0.2, 0) is 4.79 Å². The molecule has 3 fully saturated rings. The van der Waals surface area contributed by atoms with E-state index in [-0.39, 0.29) is 39.2 Å². The molecule has 0 aromatic heterocycles. The Morgan fingerprint density at radius 1 is 1.03 bits per heavy atom. The van der Waals surface area contributed by atoms with E-state index in [9.17, 15) is 9.90 Å². The molecule has 6 rings (SSSR count). The Labute approximate surface area is 226 Å². The van der Waals surface area contributed by atoms with Crippen LogP contribution in [0, 0.1) is 39.9 Å². The number of carboxylic acid groups (broad SMARTS) is 1. The molecule has 6 aliphatic carbocycles. The highest BCUT2D eigenvalue weighted by Gasteiger charge is 2.86. The molecule has 6 aliphatic rings. The van der Waals surface area contributed by atoms with Gasteiger partial charge in [-0.25, -0.2) is 0 Å². The summed E-state index contributed by atoms with van der Waals surface area (Å²) in [6.45, 7) is 8.50. The van der Waals surface area contributed by atoms with Crippen LogP contribution in [0.25, 0.3) is 0 Å². The maximum atomic E-state index is 12.5. The molecule has 0 amide bonds. The van der Waals surface area contributed by atoms with Gasteiger partial charge in [-0.15, -0.1) is 23.2 Å². The topological polar surface area (TPSA) is 37.3 Å². The molecule has 2 nitrogen and oxygen atoms in total. The lowest BCUT2D eigenvalue weighted by Crippen LogP contribution is -2.76. The van der Waals surface area contributed by atoms with E-state index in [2.05, 4.69) is 26.8 Å². The van der Waals surface area contributed by atoms with E-state index >= 15 is 0 Å². The van der Waals surface area contributed by atoms with E-state index in [0.717, 1.165) is 19.3 Å². The molecule has 3 saturated carbocycles. The minimum Gasteiger partial charge on any atom is -0.481 e. The lowest BCUT2D eigenvalue weighted by molar-refractivity contribution is -0.187. The summed E-state index contributed by atoms with van der Waals surface area (Å²) in [6.07, 6.45) is 6.95. The predicted octanol–water partition coefficient (Wildman–Crippen LogP) is 8.73. The van der Waals surface area contributed by atoms with E-state index in [1.54, 1.807) is 0 Å². The van der Waals surface area contributed by atoms with Gasteiger partial charge < -0.3 is 5.11 Å². The van der Waals surface area contributed by atoms with Crippen LogP contribution in [0.4, 0.5) is 0 Å². The molecule has 0 aromatic carbocycles. The highest BCUT2D eigenvalue weighted by atomic mass is 35.5. The SMILES string of the molecule is CC(C)C1=C[C@@]23CC[C@H]4[C@](C)(CCC[C@@]4(C)C(=O)O)[C@@H]2C[C@H]1[C@@]1(Cl)C(Cl)=C(Cl)C(Cl)(Cl)[C@@]31Cl. The smallest absolute Gasteiger partial charge is 0.309 e. The third-order valence-corrected chi connectivity index (χ3v) is 14.8. The Balaban J connectivity index is 1.78. The molecule has 33 heavy (non-hydrogen) atoms. The molecule has 1 N–H and O–H groups in total. The molecule has 0 aromatic rings. The van der Waals surface area contributed by atoms with Crippen molar-refractivity contribution in [2.24, 2.45) is 39.9 Å². The lowest BCUT2D eigenvalue weighted by Gasteiger charge is -2.74. The molecule has 0 saturated heterocycles. The highest BCUT2D eigenvalue weighted by molar-refractivity contribution is 6.65. The van der Waals surface area contributed by atoms with Crippen LogP contribution in [0.15, 0.2) is 21.7 Å². The average Bonchev–Trinajstić information content (AvgIpc) is 2.85. The van der Waals surface area contributed by atoms with Crippen molar-refractivity contribution in [2.75, 3.05) is 0 Å². The van der Waals surface area contributed by atoms with Gasteiger partial charge in [0.25, 0.3) is 0 Å². The van der Waals surface area contributed by atoms with Crippen LogP contribution in [0.3, 0.4) is 0 Å². The normalized spacial score (nSPS) is 52.3. The van der Waals surface area contributed by atoms with Gasteiger partial charge in [0.05, 0.1) is 15.5 Å². The Morgan fingerprint density at radius 2 is 1.67 bits per heavy atom. The molecule has 8 heteroatoms. The number of halogens is 6. The number of carbonyl (C=O) groups is 1. The Kier molecular flexibility index (Phi) is 5.50. The van der Waals surface area contributed by atoms with Crippen molar-refractivity contribution in [3.8, 4) is 0 Å². The zero-order valence-corrected chi connectivity index (χ0v) is 23.8. The molecule has 2 bridgehead atoms. The molecular weight excluding hydrogens is 545 g/mol. The fourth-order valence-electron chi connectivity index (χ4n) is 9.13. The molecule has 0 aliphatic heterocycles. The Hall–Kier alpha value is 0.690. The number of alkyl halides is 4. The van der Waals surface area contributed by atoms with Crippen molar-refractivity contribution in [1.82, 2.24) is 0 Å². The first-order valence-electron chi connectivity index (χ1n) is 11.8.